The number of nitro groups is 1. The van der Waals surface area contributed by atoms with Crippen LogP contribution in [0.5, 0.6) is 5.75 Å². The van der Waals surface area contributed by atoms with Gasteiger partial charge in [-0.05, 0) is 47.5 Å². The molecule has 0 heterocycles. The number of non-ortho nitro benzene ring substituents is 1. The van der Waals surface area contributed by atoms with Gasteiger partial charge < -0.3 is 10.1 Å². The summed E-state index contributed by atoms with van der Waals surface area (Å²) in [5.41, 5.74) is 2.48. The first kappa shape index (κ1) is 20.3. The Kier molecular flexibility index (Phi) is 6.62. The van der Waals surface area contributed by atoms with Crippen molar-refractivity contribution in [3.05, 3.63) is 97.0 Å². The SMILES string of the molecule is O=[N+]([O-])c1ccc(COc2c(Cl)cc(CNc3ccccc3Cl)cc2Cl)cc1. The van der Waals surface area contributed by atoms with Crippen LogP contribution in [0.25, 0.3) is 0 Å². The van der Waals surface area contributed by atoms with Crippen LogP contribution >= 0.6 is 34.8 Å². The highest BCUT2D eigenvalue weighted by Crippen LogP contribution is 2.35. The molecule has 0 unspecified atom stereocenters. The second-order valence-corrected chi connectivity index (χ2v) is 7.16. The lowest BCUT2D eigenvalue weighted by atomic mass is 10.2. The molecule has 8 heteroatoms. The molecular weight excluding hydrogens is 423 g/mol. The molecule has 0 atom stereocenters. The molecule has 3 rings (SSSR count). The molecule has 3 aromatic carbocycles. The van der Waals surface area contributed by atoms with Crippen molar-refractivity contribution in [2.45, 2.75) is 13.2 Å². The number of nitrogens with zero attached hydrogens (tertiary/aromatic N) is 1. The molecule has 144 valence electrons. The predicted molar refractivity (Wildman–Crippen MR) is 113 cm³/mol. The maximum atomic E-state index is 10.7. The third-order valence-electron chi connectivity index (χ3n) is 3.95. The number of nitro benzene ring substituents is 1. The molecule has 0 aliphatic carbocycles. The van der Waals surface area contributed by atoms with Gasteiger partial charge in [0.2, 0.25) is 0 Å². The average Bonchev–Trinajstić information content (AvgIpc) is 2.67. The van der Waals surface area contributed by atoms with E-state index in [1.165, 1.54) is 12.1 Å². The van der Waals surface area contributed by atoms with Gasteiger partial charge in [0.15, 0.2) is 5.75 Å². The quantitative estimate of drug-likeness (QED) is 0.328. The standard InChI is InChI=1S/C20H15Cl3N2O3/c21-16-3-1-2-4-19(16)24-11-14-9-17(22)20(18(23)10-14)28-12-13-5-7-15(8-6-13)25(26)27/h1-10,24H,11-12H2. The number of rotatable bonds is 7. The van der Waals surface area contributed by atoms with Crippen LogP contribution in [0.2, 0.25) is 15.1 Å². The molecule has 28 heavy (non-hydrogen) atoms. The number of para-hydroxylation sites is 1. The second kappa shape index (κ2) is 9.15. The third-order valence-corrected chi connectivity index (χ3v) is 4.84. The van der Waals surface area contributed by atoms with Gasteiger partial charge in [0.05, 0.1) is 25.7 Å². The molecule has 0 aliphatic heterocycles. The van der Waals surface area contributed by atoms with Crippen LogP contribution in [0.3, 0.4) is 0 Å². The van der Waals surface area contributed by atoms with Gasteiger partial charge in [-0.2, -0.15) is 0 Å². The zero-order valence-corrected chi connectivity index (χ0v) is 16.8. The first-order valence-corrected chi connectivity index (χ1v) is 9.40. The molecular formula is C20H15Cl3N2O3. The van der Waals surface area contributed by atoms with E-state index in [2.05, 4.69) is 5.32 Å². The Morgan fingerprint density at radius 3 is 2.14 bits per heavy atom. The summed E-state index contributed by atoms with van der Waals surface area (Å²) in [6.07, 6.45) is 0. The molecule has 0 bridgehead atoms. The number of ether oxygens (including phenoxy) is 1. The van der Waals surface area contributed by atoms with Gasteiger partial charge in [-0.25, -0.2) is 0 Å². The zero-order chi connectivity index (χ0) is 20.1. The van der Waals surface area contributed by atoms with E-state index in [-0.39, 0.29) is 12.3 Å². The summed E-state index contributed by atoms with van der Waals surface area (Å²) in [5, 5.41) is 15.3. The number of benzene rings is 3. The van der Waals surface area contributed by atoms with E-state index in [0.29, 0.717) is 27.4 Å². The van der Waals surface area contributed by atoms with Crippen molar-refractivity contribution < 1.29 is 9.66 Å². The molecule has 0 saturated heterocycles. The molecule has 0 aliphatic rings. The smallest absolute Gasteiger partial charge is 0.269 e. The minimum Gasteiger partial charge on any atom is -0.486 e. The third kappa shape index (κ3) is 5.07. The van der Waals surface area contributed by atoms with Crippen LogP contribution in [0.15, 0.2) is 60.7 Å². The van der Waals surface area contributed by atoms with Gasteiger partial charge in [-0.1, -0.05) is 46.9 Å². The van der Waals surface area contributed by atoms with E-state index in [4.69, 9.17) is 39.5 Å². The summed E-state index contributed by atoms with van der Waals surface area (Å²) in [5.74, 6) is 0.364. The van der Waals surface area contributed by atoms with Crippen molar-refractivity contribution in [1.29, 1.82) is 0 Å². The first-order valence-electron chi connectivity index (χ1n) is 8.26. The normalized spacial score (nSPS) is 10.5. The van der Waals surface area contributed by atoms with Gasteiger partial charge in [0.1, 0.15) is 6.61 Å². The Hall–Kier alpha value is -2.47. The Morgan fingerprint density at radius 1 is 0.893 bits per heavy atom. The summed E-state index contributed by atoms with van der Waals surface area (Å²) >= 11 is 18.8. The fourth-order valence-corrected chi connectivity index (χ4v) is 3.37. The Morgan fingerprint density at radius 2 is 1.54 bits per heavy atom. The summed E-state index contributed by atoms with van der Waals surface area (Å²) in [4.78, 5) is 10.3. The van der Waals surface area contributed by atoms with Gasteiger partial charge in [-0.15, -0.1) is 0 Å². The van der Waals surface area contributed by atoms with E-state index < -0.39 is 4.92 Å². The lowest BCUT2D eigenvalue weighted by Gasteiger charge is -2.13. The van der Waals surface area contributed by atoms with Crippen LogP contribution < -0.4 is 10.1 Å². The molecule has 0 radical (unpaired) electrons. The van der Waals surface area contributed by atoms with Crippen molar-refractivity contribution in [3.63, 3.8) is 0 Å². The second-order valence-electron chi connectivity index (χ2n) is 5.93. The largest absolute Gasteiger partial charge is 0.486 e. The van der Waals surface area contributed by atoms with Crippen molar-refractivity contribution in [2.75, 3.05) is 5.32 Å². The van der Waals surface area contributed by atoms with E-state index >= 15 is 0 Å². The summed E-state index contributed by atoms with van der Waals surface area (Å²) in [6.45, 7) is 0.681. The molecule has 3 aromatic rings. The fourth-order valence-electron chi connectivity index (χ4n) is 2.52. The van der Waals surface area contributed by atoms with Crippen molar-refractivity contribution in [3.8, 4) is 5.75 Å². The van der Waals surface area contributed by atoms with Crippen LogP contribution in [-0.4, -0.2) is 4.92 Å². The van der Waals surface area contributed by atoms with Crippen molar-refractivity contribution in [2.24, 2.45) is 0 Å². The monoisotopic (exact) mass is 436 g/mol. The van der Waals surface area contributed by atoms with Crippen LogP contribution in [0.4, 0.5) is 11.4 Å². The topological polar surface area (TPSA) is 64.4 Å². The van der Waals surface area contributed by atoms with Gasteiger partial charge in [0, 0.05) is 18.7 Å². The lowest BCUT2D eigenvalue weighted by Crippen LogP contribution is -2.02. The molecule has 1 N–H and O–H groups in total. The van der Waals surface area contributed by atoms with Crippen LogP contribution in [0, 0.1) is 10.1 Å². The highest BCUT2D eigenvalue weighted by Gasteiger charge is 2.11. The van der Waals surface area contributed by atoms with E-state index in [1.54, 1.807) is 30.3 Å². The van der Waals surface area contributed by atoms with Crippen molar-refractivity contribution in [1.82, 2.24) is 0 Å². The molecule has 0 spiro atoms. The van der Waals surface area contributed by atoms with Gasteiger partial charge >= 0.3 is 0 Å². The highest BCUT2D eigenvalue weighted by atomic mass is 35.5. The fraction of sp³-hybridized carbons (Fsp3) is 0.100. The van der Waals surface area contributed by atoms with E-state index in [9.17, 15) is 10.1 Å². The van der Waals surface area contributed by atoms with Gasteiger partial charge in [0.25, 0.3) is 5.69 Å². The minimum absolute atomic E-state index is 0.0233. The van der Waals surface area contributed by atoms with E-state index in [1.807, 2.05) is 18.2 Å². The Balaban J connectivity index is 1.66. The molecule has 5 nitrogen and oxygen atoms in total. The maximum absolute atomic E-state index is 10.7. The molecule has 0 aromatic heterocycles. The number of anilines is 1. The zero-order valence-electron chi connectivity index (χ0n) is 14.5. The maximum Gasteiger partial charge on any atom is 0.269 e. The number of hydrogen-bond acceptors (Lipinski definition) is 4. The Labute approximate surface area is 177 Å². The number of nitrogens with one attached hydrogen (secondary N) is 1. The number of hydrogen-bond donors (Lipinski definition) is 1. The molecule has 0 amide bonds. The van der Waals surface area contributed by atoms with Crippen LogP contribution in [0.1, 0.15) is 11.1 Å². The predicted octanol–water partition coefficient (Wildman–Crippen LogP) is 6.75. The highest BCUT2D eigenvalue weighted by molar-refractivity contribution is 6.37. The first-order chi connectivity index (χ1) is 13.4. The molecule has 0 fully saturated rings. The lowest BCUT2D eigenvalue weighted by molar-refractivity contribution is -0.384. The average molecular weight is 438 g/mol. The summed E-state index contributed by atoms with van der Waals surface area (Å²) < 4.78 is 5.72. The summed E-state index contributed by atoms with van der Waals surface area (Å²) in [7, 11) is 0. The Bertz CT molecular complexity index is 971. The number of halogens is 3. The van der Waals surface area contributed by atoms with Crippen molar-refractivity contribution >= 4 is 46.2 Å². The summed E-state index contributed by atoms with van der Waals surface area (Å²) in [6, 6.07) is 17.1. The van der Waals surface area contributed by atoms with Crippen LogP contribution in [-0.2, 0) is 13.2 Å². The molecule has 0 saturated carbocycles. The van der Waals surface area contributed by atoms with Gasteiger partial charge in [-0.3, -0.25) is 10.1 Å². The minimum atomic E-state index is -0.451. The van der Waals surface area contributed by atoms with E-state index in [0.717, 1.165) is 16.8 Å².